The van der Waals surface area contributed by atoms with E-state index in [1.54, 1.807) is 22.8 Å². The van der Waals surface area contributed by atoms with E-state index in [1.807, 2.05) is 26.0 Å². The van der Waals surface area contributed by atoms with Crippen molar-refractivity contribution < 1.29 is 14.6 Å². The zero-order valence-electron chi connectivity index (χ0n) is 18.6. The number of fused-ring (bicyclic) bond motifs is 1. The summed E-state index contributed by atoms with van der Waals surface area (Å²) in [7, 11) is 0. The first-order chi connectivity index (χ1) is 15.8. The number of aliphatic hydroxyl groups is 1. The number of aryl methyl sites for hydroxylation is 2. The molecule has 3 aromatic rings. The van der Waals surface area contributed by atoms with Gasteiger partial charge in [-0.15, -0.1) is 0 Å². The number of amides is 1. The van der Waals surface area contributed by atoms with Crippen molar-refractivity contribution in [2.24, 2.45) is 0 Å². The van der Waals surface area contributed by atoms with E-state index in [1.165, 1.54) is 0 Å². The molecular weight excluding hydrogens is 465 g/mol. The molecule has 176 valence electrons. The number of nitrogens with zero attached hydrogens (tertiary/aromatic N) is 4. The third kappa shape index (κ3) is 5.76. The number of hydrogen-bond acceptors (Lipinski definition) is 6. The third-order valence-electron chi connectivity index (χ3n) is 5.79. The van der Waals surface area contributed by atoms with Crippen molar-refractivity contribution in [2.75, 3.05) is 26.2 Å². The zero-order valence-corrected chi connectivity index (χ0v) is 20.1. The number of benzene rings is 1. The number of likely N-dealkylation sites (tertiary alicyclic amines) is 1. The molecule has 1 saturated heterocycles. The maximum absolute atomic E-state index is 12.6. The molecule has 2 aromatic heterocycles. The van der Waals surface area contributed by atoms with Gasteiger partial charge in [0, 0.05) is 44.5 Å². The summed E-state index contributed by atoms with van der Waals surface area (Å²) in [5.41, 5.74) is 2.69. The highest BCUT2D eigenvalue weighted by Gasteiger charge is 2.23. The van der Waals surface area contributed by atoms with Crippen LogP contribution >= 0.6 is 23.2 Å². The van der Waals surface area contributed by atoms with Gasteiger partial charge in [0.15, 0.2) is 5.65 Å². The molecule has 0 radical (unpaired) electrons. The van der Waals surface area contributed by atoms with Gasteiger partial charge in [-0.1, -0.05) is 23.2 Å². The van der Waals surface area contributed by atoms with Crippen LogP contribution in [0.3, 0.4) is 0 Å². The lowest BCUT2D eigenvalue weighted by Crippen LogP contribution is -2.45. The highest BCUT2D eigenvalue weighted by atomic mass is 35.5. The number of hydrogen-bond donors (Lipinski definition) is 2. The Morgan fingerprint density at radius 3 is 2.73 bits per heavy atom. The number of rotatable bonds is 7. The van der Waals surface area contributed by atoms with Crippen LogP contribution in [-0.4, -0.2) is 68.9 Å². The topological polar surface area (TPSA) is 92.0 Å². The summed E-state index contributed by atoms with van der Waals surface area (Å²) in [6.45, 7) is 5.95. The summed E-state index contributed by atoms with van der Waals surface area (Å²) in [5, 5.41) is 18.6. The summed E-state index contributed by atoms with van der Waals surface area (Å²) < 4.78 is 7.67. The lowest BCUT2D eigenvalue weighted by Gasteiger charge is -2.33. The standard InChI is InChI=1S/C23H27Cl2N5O3/c1-14-9-22-26-12-19(15(2)30(22)28-14)23(32)27-11-16(31)13-29-7-5-17(6-8-29)33-18-3-4-20(24)21(25)10-18/h3-4,9-10,12,16-17,31H,5-8,11,13H2,1-2H3,(H,27,32). The Kier molecular flexibility index (Phi) is 7.38. The van der Waals surface area contributed by atoms with E-state index in [9.17, 15) is 9.90 Å². The summed E-state index contributed by atoms with van der Waals surface area (Å²) in [4.78, 5) is 19.1. The molecular formula is C23H27Cl2N5O3. The van der Waals surface area contributed by atoms with E-state index in [-0.39, 0.29) is 18.6 Å². The normalized spacial score (nSPS) is 16.2. The fourth-order valence-corrected chi connectivity index (χ4v) is 4.29. The Hall–Kier alpha value is -2.39. The van der Waals surface area contributed by atoms with Crippen LogP contribution in [-0.2, 0) is 0 Å². The Labute approximate surface area is 202 Å². The van der Waals surface area contributed by atoms with E-state index in [0.717, 1.165) is 31.6 Å². The lowest BCUT2D eigenvalue weighted by atomic mass is 10.1. The van der Waals surface area contributed by atoms with Gasteiger partial charge in [-0.2, -0.15) is 5.10 Å². The molecule has 2 N–H and O–H groups in total. The minimum absolute atomic E-state index is 0.0895. The van der Waals surface area contributed by atoms with Crippen molar-refractivity contribution >= 4 is 34.8 Å². The lowest BCUT2D eigenvalue weighted by molar-refractivity contribution is 0.0594. The molecule has 1 fully saturated rings. The van der Waals surface area contributed by atoms with E-state index in [4.69, 9.17) is 27.9 Å². The molecule has 10 heteroatoms. The zero-order chi connectivity index (χ0) is 23.5. The van der Waals surface area contributed by atoms with Crippen LogP contribution in [0.1, 0.15) is 34.6 Å². The number of aliphatic hydroxyl groups excluding tert-OH is 1. The molecule has 0 saturated carbocycles. The Morgan fingerprint density at radius 1 is 1.24 bits per heavy atom. The maximum Gasteiger partial charge on any atom is 0.254 e. The van der Waals surface area contributed by atoms with Gasteiger partial charge in [-0.05, 0) is 38.8 Å². The molecule has 1 aliphatic rings. The monoisotopic (exact) mass is 491 g/mol. The number of aromatic nitrogens is 3. The Balaban J connectivity index is 1.23. The molecule has 1 atom stereocenters. The Morgan fingerprint density at radius 2 is 2.00 bits per heavy atom. The Bertz CT molecular complexity index is 1140. The first-order valence-electron chi connectivity index (χ1n) is 10.9. The number of nitrogens with one attached hydrogen (secondary N) is 1. The minimum atomic E-state index is -0.676. The van der Waals surface area contributed by atoms with Gasteiger partial charge in [0.2, 0.25) is 0 Å². The van der Waals surface area contributed by atoms with Gasteiger partial charge < -0.3 is 20.1 Å². The third-order valence-corrected chi connectivity index (χ3v) is 6.53. The highest BCUT2D eigenvalue weighted by molar-refractivity contribution is 6.42. The maximum atomic E-state index is 12.6. The highest BCUT2D eigenvalue weighted by Crippen LogP contribution is 2.28. The molecule has 1 aromatic carbocycles. The van der Waals surface area contributed by atoms with Crippen molar-refractivity contribution in [1.29, 1.82) is 0 Å². The summed E-state index contributed by atoms with van der Waals surface area (Å²) in [5.74, 6) is 0.432. The molecule has 8 nitrogen and oxygen atoms in total. The number of halogens is 2. The van der Waals surface area contributed by atoms with Gasteiger partial charge in [-0.3, -0.25) is 4.79 Å². The average molecular weight is 492 g/mol. The van der Waals surface area contributed by atoms with Crippen LogP contribution in [0.15, 0.2) is 30.5 Å². The largest absolute Gasteiger partial charge is 0.490 e. The second-order valence-electron chi connectivity index (χ2n) is 8.37. The SMILES string of the molecule is Cc1cc2ncc(C(=O)NCC(O)CN3CCC(Oc4ccc(Cl)c(Cl)c4)CC3)c(C)n2n1. The molecule has 1 amide bonds. The van der Waals surface area contributed by atoms with Gasteiger partial charge in [-0.25, -0.2) is 9.50 Å². The summed E-state index contributed by atoms with van der Waals surface area (Å²) >= 11 is 12.0. The molecule has 1 aliphatic heterocycles. The molecule has 0 spiro atoms. The van der Waals surface area contributed by atoms with Crippen LogP contribution in [0.25, 0.3) is 5.65 Å². The van der Waals surface area contributed by atoms with Gasteiger partial charge in [0.25, 0.3) is 5.91 Å². The van der Waals surface area contributed by atoms with Crippen molar-refractivity contribution in [3.8, 4) is 5.75 Å². The van der Waals surface area contributed by atoms with E-state index in [0.29, 0.717) is 39.2 Å². The van der Waals surface area contributed by atoms with E-state index >= 15 is 0 Å². The first kappa shape index (κ1) is 23.8. The van der Waals surface area contributed by atoms with E-state index in [2.05, 4.69) is 20.3 Å². The molecule has 4 rings (SSSR count). The molecule has 0 aliphatic carbocycles. The van der Waals surface area contributed by atoms with Crippen molar-refractivity contribution in [3.05, 3.63) is 57.5 Å². The molecule has 3 heterocycles. The number of β-amino-alcohol motifs (C(OH)–C–C–N with tert-alkyl or cyclic N) is 1. The van der Waals surface area contributed by atoms with Gasteiger partial charge in [0.1, 0.15) is 11.9 Å². The summed E-state index contributed by atoms with van der Waals surface area (Å²) in [6.07, 6.45) is 2.64. The van der Waals surface area contributed by atoms with Crippen LogP contribution in [0, 0.1) is 13.8 Å². The molecule has 33 heavy (non-hydrogen) atoms. The van der Waals surface area contributed by atoms with Crippen LogP contribution in [0.2, 0.25) is 10.0 Å². The van der Waals surface area contributed by atoms with E-state index < -0.39 is 6.10 Å². The van der Waals surface area contributed by atoms with Gasteiger partial charge in [0.05, 0.1) is 33.1 Å². The van der Waals surface area contributed by atoms with Crippen LogP contribution in [0.4, 0.5) is 0 Å². The predicted molar refractivity (Wildman–Crippen MR) is 127 cm³/mol. The van der Waals surface area contributed by atoms with Crippen molar-refractivity contribution in [3.63, 3.8) is 0 Å². The van der Waals surface area contributed by atoms with Crippen molar-refractivity contribution in [2.45, 2.75) is 38.9 Å². The number of carbonyl (C=O) groups is 1. The fourth-order valence-electron chi connectivity index (χ4n) is 4.01. The first-order valence-corrected chi connectivity index (χ1v) is 11.7. The van der Waals surface area contributed by atoms with Gasteiger partial charge >= 0.3 is 0 Å². The van der Waals surface area contributed by atoms with Crippen LogP contribution < -0.4 is 10.1 Å². The van der Waals surface area contributed by atoms with Crippen molar-refractivity contribution in [1.82, 2.24) is 24.8 Å². The number of ether oxygens (including phenoxy) is 1. The molecule has 0 bridgehead atoms. The quantitative estimate of drug-likeness (QED) is 0.526. The fraction of sp³-hybridized carbons (Fsp3) is 0.435. The summed E-state index contributed by atoms with van der Waals surface area (Å²) in [6, 6.07) is 7.13. The second kappa shape index (κ2) is 10.3. The number of carbonyl (C=O) groups excluding carboxylic acids is 1. The number of piperidine rings is 1. The smallest absolute Gasteiger partial charge is 0.254 e. The minimum Gasteiger partial charge on any atom is -0.490 e. The molecule has 1 unspecified atom stereocenters. The predicted octanol–water partition coefficient (Wildman–Crippen LogP) is 3.29. The second-order valence-corrected chi connectivity index (χ2v) is 9.18. The van der Waals surface area contributed by atoms with Crippen LogP contribution in [0.5, 0.6) is 5.75 Å². The average Bonchev–Trinajstić information content (AvgIpc) is 3.17.